The van der Waals surface area contributed by atoms with Crippen LogP contribution >= 0.6 is 0 Å². The normalized spacial score (nSPS) is 14.9. The molecule has 0 bridgehead atoms. The Kier molecular flexibility index (Phi) is 3.23. The van der Waals surface area contributed by atoms with Crippen LogP contribution in [0.4, 0.5) is 0 Å². The minimum absolute atomic E-state index is 0.801. The van der Waals surface area contributed by atoms with E-state index in [1.165, 1.54) is 5.56 Å². The molecule has 2 rings (SSSR count). The number of hydrogen-bond acceptors (Lipinski definition) is 1. The summed E-state index contributed by atoms with van der Waals surface area (Å²) in [5.74, 6) is 1.72. The van der Waals surface area contributed by atoms with Crippen LogP contribution < -0.4 is 4.74 Å². The van der Waals surface area contributed by atoms with Gasteiger partial charge < -0.3 is 4.74 Å². The van der Waals surface area contributed by atoms with E-state index in [9.17, 15) is 0 Å². The summed E-state index contributed by atoms with van der Waals surface area (Å²) in [6.07, 6.45) is 12.1. The predicted molar refractivity (Wildman–Crippen MR) is 60.2 cm³/mol. The van der Waals surface area contributed by atoms with Gasteiger partial charge in [-0.05, 0) is 30.2 Å². The lowest BCUT2D eigenvalue weighted by Crippen LogP contribution is -1.98. The fraction of sp³-hybridized carbons (Fsp3) is 0.143. The van der Waals surface area contributed by atoms with Gasteiger partial charge in [-0.1, -0.05) is 31.2 Å². The van der Waals surface area contributed by atoms with Crippen molar-refractivity contribution in [2.45, 2.75) is 13.3 Å². The summed E-state index contributed by atoms with van der Waals surface area (Å²) in [5.41, 5.74) is 1.21. The minimum atomic E-state index is 0.801. The highest BCUT2D eigenvalue weighted by atomic mass is 16.5. The first-order valence-corrected chi connectivity index (χ1v) is 5.03. The zero-order valence-electron chi connectivity index (χ0n) is 8.66. The van der Waals surface area contributed by atoms with Crippen molar-refractivity contribution in [3.63, 3.8) is 0 Å². The van der Waals surface area contributed by atoms with Crippen molar-refractivity contribution in [2.24, 2.45) is 0 Å². The average molecular weight is 196 g/mol. The summed E-state index contributed by atoms with van der Waals surface area (Å²) in [4.78, 5) is 0. The molecule has 1 aromatic rings. The molecule has 0 N–H and O–H groups in total. The van der Waals surface area contributed by atoms with Gasteiger partial charge in [0.2, 0.25) is 0 Å². The predicted octanol–water partition coefficient (Wildman–Crippen LogP) is 3.24. The van der Waals surface area contributed by atoms with E-state index in [2.05, 4.69) is 25.8 Å². The third-order valence-electron chi connectivity index (χ3n) is 2.21. The van der Waals surface area contributed by atoms with Crippen LogP contribution in [0, 0.1) is 12.8 Å². The second-order valence-corrected chi connectivity index (χ2v) is 3.23. The zero-order chi connectivity index (χ0) is 10.5. The lowest BCUT2D eigenvalue weighted by atomic mass is 10.1. The van der Waals surface area contributed by atoms with Crippen molar-refractivity contribution in [1.82, 2.24) is 0 Å². The zero-order valence-corrected chi connectivity index (χ0v) is 8.66. The maximum Gasteiger partial charge on any atom is 0.130 e. The highest BCUT2D eigenvalue weighted by Crippen LogP contribution is 2.22. The first-order valence-electron chi connectivity index (χ1n) is 5.03. The van der Waals surface area contributed by atoms with E-state index in [1.54, 1.807) is 12.2 Å². The Morgan fingerprint density at radius 2 is 2.07 bits per heavy atom. The molecule has 0 fully saturated rings. The molecule has 0 aliphatic heterocycles. The molecule has 1 aliphatic rings. The van der Waals surface area contributed by atoms with Gasteiger partial charge in [0.05, 0.1) is 0 Å². The summed E-state index contributed by atoms with van der Waals surface area (Å²) in [6, 6.07) is 8.06. The van der Waals surface area contributed by atoms with Crippen LogP contribution in [0.2, 0.25) is 0 Å². The van der Waals surface area contributed by atoms with Gasteiger partial charge in [-0.15, -0.1) is 0 Å². The molecule has 1 aromatic carbocycles. The van der Waals surface area contributed by atoms with Crippen LogP contribution in [-0.4, -0.2) is 0 Å². The Hall–Kier alpha value is -1.50. The highest BCUT2D eigenvalue weighted by Gasteiger charge is 2.04. The van der Waals surface area contributed by atoms with Crippen molar-refractivity contribution in [1.29, 1.82) is 0 Å². The lowest BCUT2D eigenvalue weighted by molar-refractivity contribution is 0.438. The third-order valence-corrected chi connectivity index (χ3v) is 2.21. The van der Waals surface area contributed by atoms with E-state index in [4.69, 9.17) is 4.74 Å². The quantitative estimate of drug-likeness (QED) is 0.721. The summed E-state index contributed by atoms with van der Waals surface area (Å²) >= 11 is 0. The first kappa shape index (κ1) is 10.0. The van der Waals surface area contributed by atoms with Crippen molar-refractivity contribution in [3.8, 4) is 5.75 Å². The summed E-state index contributed by atoms with van der Waals surface area (Å²) < 4.78 is 5.75. The molecular weight excluding hydrogens is 184 g/mol. The molecule has 1 aliphatic carbocycles. The molecule has 1 heteroatoms. The first-order chi connectivity index (χ1) is 7.40. The van der Waals surface area contributed by atoms with Crippen LogP contribution in [0.25, 0.3) is 0 Å². The van der Waals surface area contributed by atoms with Gasteiger partial charge in [-0.3, -0.25) is 0 Å². The number of aryl methyl sites for hydroxylation is 1. The molecule has 0 saturated carbocycles. The van der Waals surface area contributed by atoms with Gasteiger partial charge in [-0.2, -0.15) is 0 Å². The Bertz CT molecular complexity index is 388. The number of ether oxygens (including phenoxy) is 1. The highest BCUT2D eigenvalue weighted by molar-refractivity contribution is 5.38. The Labute approximate surface area is 91.1 Å². The second kappa shape index (κ2) is 4.83. The van der Waals surface area contributed by atoms with Crippen LogP contribution in [0.5, 0.6) is 5.75 Å². The molecule has 0 spiro atoms. The second-order valence-electron chi connectivity index (χ2n) is 3.23. The molecule has 74 valence electrons. The van der Waals surface area contributed by atoms with E-state index in [0.29, 0.717) is 0 Å². The number of benzene rings is 1. The van der Waals surface area contributed by atoms with Gasteiger partial charge in [0.1, 0.15) is 11.5 Å². The van der Waals surface area contributed by atoms with Crippen molar-refractivity contribution in [3.05, 3.63) is 66.7 Å². The average Bonchev–Trinajstić information content (AvgIpc) is 2.31. The van der Waals surface area contributed by atoms with E-state index in [-0.39, 0.29) is 0 Å². The molecule has 0 atom stereocenters. The van der Waals surface area contributed by atoms with Gasteiger partial charge in [0, 0.05) is 12.8 Å². The molecule has 0 heterocycles. The number of hydrogen-bond donors (Lipinski definition) is 0. The molecular formula is C14H12O. The van der Waals surface area contributed by atoms with Crippen molar-refractivity contribution < 1.29 is 4.74 Å². The monoisotopic (exact) mass is 196 g/mol. The maximum absolute atomic E-state index is 5.75. The number of para-hydroxylation sites is 1. The molecule has 0 amide bonds. The van der Waals surface area contributed by atoms with Crippen molar-refractivity contribution >= 4 is 0 Å². The molecule has 0 unspecified atom stereocenters. The van der Waals surface area contributed by atoms with Crippen LogP contribution in [0.15, 0.2) is 48.3 Å². The van der Waals surface area contributed by atoms with E-state index >= 15 is 0 Å². The van der Waals surface area contributed by atoms with Crippen LogP contribution in [0.3, 0.4) is 0 Å². The SMILES string of the molecule is CCc1ccccc1OC1=C[C][C]C=C1. The fourth-order valence-electron chi connectivity index (χ4n) is 1.42. The van der Waals surface area contributed by atoms with Crippen LogP contribution in [-0.2, 0) is 6.42 Å². The van der Waals surface area contributed by atoms with E-state index in [1.807, 2.05) is 24.3 Å². The Balaban J connectivity index is 2.16. The fourth-order valence-corrected chi connectivity index (χ4v) is 1.42. The van der Waals surface area contributed by atoms with Crippen LogP contribution in [0.1, 0.15) is 12.5 Å². The largest absolute Gasteiger partial charge is 0.457 e. The summed E-state index contributed by atoms with van der Waals surface area (Å²) in [5, 5.41) is 0. The number of rotatable bonds is 3. The Morgan fingerprint density at radius 3 is 2.80 bits per heavy atom. The smallest absolute Gasteiger partial charge is 0.130 e. The Morgan fingerprint density at radius 1 is 1.20 bits per heavy atom. The standard InChI is InChI=1S/C14H12O/c1-2-12-8-6-7-11-14(12)15-13-9-4-3-5-10-13/h4,6-11H,2H2,1H3. The number of allylic oxidation sites excluding steroid dienone is 3. The maximum atomic E-state index is 5.75. The summed E-state index contributed by atoms with van der Waals surface area (Å²) in [7, 11) is 0. The van der Waals surface area contributed by atoms with Crippen molar-refractivity contribution in [2.75, 3.05) is 0 Å². The molecule has 15 heavy (non-hydrogen) atoms. The lowest BCUT2D eigenvalue weighted by Gasteiger charge is -2.11. The topological polar surface area (TPSA) is 9.23 Å². The third kappa shape index (κ3) is 2.50. The molecule has 0 aromatic heterocycles. The van der Waals surface area contributed by atoms with Gasteiger partial charge in [0.15, 0.2) is 0 Å². The van der Waals surface area contributed by atoms with Gasteiger partial charge in [-0.25, -0.2) is 0 Å². The molecule has 1 nitrogen and oxygen atoms in total. The van der Waals surface area contributed by atoms with E-state index < -0.39 is 0 Å². The minimum Gasteiger partial charge on any atom is -0.457 e. The van der Waals surface area contributed by atoms with Gasteiger partial charge in [0.25, 0.3) is 0 Å². The summed E-state index contributed by atoms with van der Waals surface area (Å²) in [6.45, 7) is 2.12. The molecule has 0 saturated heterocycles. The molecule has 4 radical (unpaired) electrons. The van der Waals surface area contributed by atoms with Gasteiger partial charge >= 0.3 is 0 Å². The van der Waals surface area contributed by atoms with E-state index in [0.717, 1.165) is 17.9 Å².